The summed E-state index contributed by atoms with van der Waals surface area (Å²) in [5.41, 5.74) is -1.25. The molecule has 19 heavy (non-hydrogen) atoms. The van der Waals surface area contributed by atoms with Crippen molar-refractivity contribution in [3.05, 3.63) is 0 Å². The topological polar surface area (TPSA) is 59.0 Å². The van der Waals surface area contributed by atoms with Gasteiger partial charge in [-0.1, -0.05) is 0 Å². The lowest BCUT2D eigenvalue weighted by Gasteiger charge is -2.37. The fourth-order valence-corrected chi connectivity index (χ4v) is 2.08. The summed E-state index contributed by atoms with van der Waals surface area (Å²) in [7, 11) is 1.84. The molecular formula is C14H27NO4. The number of carbonyl (C=O) groups is 1. The minimum absolute atomic E-state index is 0.259. The van der Waals surface area contributed by atoms with E-state index in [1.807, 2.05) is 32.7 Å². The molecule has 1 saturated heterocycles. The molecule has 0 aromatic carbocycles. The third-order valence-electron chi connectivity index (χ3n) is 3.38. The van der Waals surface area contributed by atoms with Crippen LogP contribution in [-0.4, -0.2) is 60.0 Å². The Bertz CT molecular complexity index is 305. The van der Waals surface area contributed by atoms with Gasteiger partial charge in [-0.3, -0.25) is 9.69 Å². The fraction of sp³-hybridized carbons (Fsp3) is 0.929. The number of rotatable bonds is 4. The van der Waals surface area contributed by atoms with E-state index in [9.17, 15) is 9.90 Å². The molecule has 0 bridgehead atoms. The molecule has 1 heterocycles. The van der Waals surface area contributed by atoms with Crippen LogP contribution in [0.15, 0.2) is 0 Å². The van der Waals surface area contributed by atoms with Crippen LogP contribution in [0.4, 0.5) is 0 Å². The van der Waals surface area contributed by atoms with Crippen LogP contribution < -0.4 is 0 Å². The normalized spacial score (nSPS) is 21.2. The van der Waals surface area contributed by atoms with E-state index in [-0.39, 0.29) is 12.0 Å². The van der Waals surface area contributed by atoms with Gasteiger partial charge in [0.05, 0.1) is 5.60 Å². The molecule has 1 aliphatic rings. The molecule has 0 aromatic heterocycles. The number of hydrogen-bond acceptors (Lipinski definition) is 5. The van der Waals surface area contributed by atoms with E-state index in [2.05, 4.69) is 0 Å². The highest BCUT2D eigenvalue weighted by atomic mass is 16.6. The Hall–Kier alpha value is -0.650. The van der Waals surface area contributed by atoms with Crippen LogP contribution >= 0.6 is 0 Å². The molecule has 1 aliphatic heterocycles. The fourth-order valence-electron chi connectivity index (χ4n) is 2.08. The number of carbonyl (C=O) groups excluding carboxylic acids is 1. The number of ether oxygens (including phenoxy) is 2. The Morgan fingerprint density at radius 3 is 2.42 bits per heavy atom. The minimum atomic E-state index is -0.761. The first-order valence-corrected chi connectivity index (χ1v) is 6.86. The first kappa shape index (κ1) is 16.4. The second-order valence-electron chi connectivity index (χ2n) is 6.46. The van der Waals surface area contributed by atoms with Crippen molar-refractivity contribution >= 4 is 5.97 Å². The van der Waals surface area contributed by atoms with Crippen molar-refractivity contribution < 1.29 is 19.4 Å². The van der Waals surface area contributed by atoms with Gasteiger partial charge in [0.15, 0.2) is 0 Å². The summed E-state index contributed by atoms with van der Waals surface area (Å²) in [6.45, 7) is 8.96. The molecular weight excluding hydrogens is 246 g/mol. The van der Waals surface area contributed by atoms with Gasteiger partial charge in [0.25, 0.3) is 0 Å². The van der Waals surface area contributed by atoms with Gasteiger partial charge in [-0.15, -0.1) is 0 Å². The maximum absolute atomic E-state index is 12.0. The lowest BCUT2D eigenvalue weighted by molar-refractivity contribution is -0.162. The van der Waals surface area contributed by atoms with E-state index in [1.54, 1.807) is 6.92 Å². The molecule has 112 valence electrons. The Morgan fingerprint density at radius 2 is 1.95 bits per heavy atom. The average Bonchev–Trinajstić information content (AvgIpc) is 2.25. The van der Waals surface area contributed by atoms with Gasteiger partial charge in [-0.25, -0.2) is 0 Å². The van der Waals surface area contributed by atoms with Gasteiger partial charge < -0.3 is 14.6 Å². The van der Waals surface area contributed by atoms with E-state index in [4.69, 9.17) is 9.47 Å². The quantitative estimate of drug-likeness (QED) is 0.780. The highest BCUT2D eigenvalue weighted by Gasteiger charge is 2.34. The van der Waals surface area contributed by atoms with Crippen molar-refractivity contribution in [3.8, 4) is 0 Å². The predicted molar refractivity (Wildman–Crippen MR) is 72.9 cm³/mol. The van der Waals surface area contributed by atoms with Gasteiger partial charge in [-0.2, -0.15) is 0 Å². The third kappa shape index (κ3) is 5.47. The number of aliphatic hydroxyl groups is 1. The Morgan fingerprint density at radius 1 is 1.42 bits per heavy atom. The molecule has 0 saturated carbocycles. The van der Waals surface area contributed by atoms with Gasteiger partial charge in [-0.05, 0) is 34.7 Å². The number of nitrogens with zero attached hydrogens (tertiary/aromatic N) is 1. The van der Waals surface area contributed by atoms with Crippen molar-refractivity contribution in [2.75, 3.05) is 26.8 Å². The maximum atomic E-state index is 12.0. The van der Waals surface area contributed by atoms with E-state index in [1.165, 1.54) is 0 Å². The van der Waals surface area contributed by atoms with E-state index in [0.29, 0.717) is 32.6 Å². The summed E-state index contributed by atoms with van der Waals surface area (Å²) in [5.74, 6) is -0.259. The van der Waals surface area contributed by atoms with Gasteiger partial charge in [0, 0.05) is 32.6 Å². The molecule has 1 atom stereocenters. The summed E-state index contributed by atoms with van der Waals surface area (Å²) >= 11 is 0. The molecule has 0 aromatic rings. The van der Waals surface area contributed by atoms with Crippen LogP contribution in [0.2, 0.25) is 0 Å². The number of hydrogen-bond donors (Lipinski definition) is 1. The summed E-state index contributed by atoms with van der Waals surface area (Å²) in [6, 6.07) is -0.369. The van der Waals surface area contributed by atoms with Gasteiger partial charge in [0.1, 0.15) is 11.6 Å². The van der Waals surface area contributed by atoms with E-state index >= 15 is 0 Å². The summed E-state index contributed by atoms with van der Waals surface area (Å²) in [5, 5.41) is 10.4. The molecule has 1 fully saturated rings. The molecule has 0 radical (unpaired) electrons. The van der Waals surface area contributed by atoms with Crippen LogP contribution in [0, 0.1) is 0 Å². The molecule has 0 aliphatic carbocycles. The smallest absolute Gasteiger partial charge is 0.323 e. The molecule has 1 unspecified atom stereocenters. The molecule has 0 amide bonds. The lowest BCUT2D eigenvalue weighted by Crippen LogP contribution is -2.50. The van der Waals surface area contributed by atoms with E-state index in [0.717, 1.165) is 0 Å². The minimum Gasteiger partial charge on any atom is -0.459 e. The first-order chi connectivity index (χ1) is 8.63. The summed E-state index contributed by atoms with van der Waals surface area (Å²) in [4.78, 5) is 13.8. The number of likely N-dealkylation sites (N-methyl/N-ethyl adjacent to an activating group) is 1. The highest BCUT2D eigenvalue weighted by molar-refractivity contribution is 5.75. The van der Waals surface area contributed by atoms with Crippen molar-refractivity contribution in [2.24, 2.45) is 0 Å². The Labute approximate surface area is 115 Å². The van der Waals surface area contributed by atoms with Crippen molar-refractivity contribution in [2.45, 2.75) is 57.8 Å². The molecule has 1 rings (SSSR count). The maximum Gasteiger partial charge on any atom is 0.323 e. The lowest BCUT2D eigenvalue weighted by atomic mass is 9.93. The van der Waals surface area contributed by atoms with Crippen LogP contribution in [0.3, 0.4) is 0 Å². The molecule has 1 N–H and O–H groups in total. The third-order valence-corrected chi connectivity index (χ3v) is 3.38. The number of esters is 1. The Kier molecular flexibility index (Phi) is 5.35. The standard InChI is InChI=1S/C14H27NO4/c1-11(12(16)19-13(2,3)4)15(5)10-14(17)6-8-18-9-7-14/h11,17H,6-10H2,1-5H3. The van der Waals surface area contributed by atoms with Crippen molar-refractivity contribution in [1.82, 2.24) is 4.90 Å². The van der Waals surface area contributed by atoms with Crippen molar-refractivity contribution in [3.63, 3.8) is 0 Å². The zero-order chi connectivity index (χ0) is 14.7. The molecule has 0 spiro atoms. The molecule has 5 heteroatoms. The van der Waals surface area contributed by atoms with Crippen LogP contribution in [-0.2, 0) is 14.3 Å². The van der Waals surface area contributed by atoms with Crippen LogP contribution in [0.5, 0.6) is 0 Å². The highest BCUT2D eigenvalue weighted by Crippen LogP contribution is 2.22. The zero-order valence-corrected chi connectivity index (χ0v) is 12.7. The summed E-state index contributed by atoms with van der Waals surface area (Å²) in [6.07, 6.45) is 1.22. The van der Waals surface area contributed by atoms with E-state index < -0.39 is 11.2 Å². The second-order valence-corrected chi connectivity index (χ2v) is 6.46. The Balaban J connectivity index is 2.52. The largest absolute Gasteiger partial charge is 0.459 e. The second kappa shape index (κ2) is 6.20. The van der Waals surface area contributed by atoms with Crippen LogP contribution in [0.1, 0.15) is 40.5 Å². The predicted octanol–water partition coefficient (Wildman–Crippen LogP) is 1.19. The van der Waals surface area contributed by atoms with Gasteiger partial charge >= 0.3 is 5.97 Å². The van der Waals surface area contributed by atoms with Gasteiger partial charge in [0.2, 0.25) is 0 Å². The SMILES string of the molecule is CC(C(=O)OC(C)(C)C)N(C)CC1(O)CCOCC1. The van der Waals surface area contributed by atoms with Crippen LogP contribution in [0.25, 0.3) is 0 Å². The zero-order valence-electron chi connectivity index (χ0n) is 12.7. The average molecular weight is 273 g/mol. The molecule has 5 nitrogen and oxygen atoms in total. The monoisotopic (exact) mass is 273 g/mol. The van der Waals surface area contributed by atoms with Crippen molar-refractivity contribution in [1.29, 1.82) is 0 Å². The summed E-state index contributed by atoms with van der Waals surface area (Å²) < 4.78 is 10.6. The first-order valence-electron chi connectivity index (χ1n) is 6.86.